The minimum absolute atomic E-state index is 0.142. The van der Waals surface area contributed by atoms with E-state index >= 15 is 0 Å². The maximum Gasteiger partial charge on any atom is 0.320 e. The summed E-state index contributed by atoms with van der Waals surface area (Å²) in [6.07, 6.45) is 3.39. The number of pyridine rings is 1. The molecule has 0 unspecified atom stereocenters. The van der Waals surface area contributed by atoms with Crippen LogP contribution < -0.4 is 0 Å². The summed E-state index contributed by atoms with van der Waals surface area (Å²) in [7, 11) is 1.70. The molecule has 1 N–H and O–H groups in total. The van der Waals surface area contributed by atoms with Crippen LogP contribution >= 0.6 is 0 Å². The van der Waals surface area contributed by atoms with E-state index in [1.54, 1.807) is 24.3 Å². The molecule has 2 amide bonds. The SMILES string of the molecule is CN(Cc1cccnc1)C(=O)N1CC(C(=O)O)C1. The van der Waals surface area contributed by atoms with Gasteiger partial charge < -0.3 is 14.9 Å². The van der Waals surface area contributed by atoms with Crippen molar-refractivity contribution in [2.75, 3.05) is 20.1 Å². The molecule has 1 fully saturated rings. The Morgan fingerprint density at radius 1 is 1.56 bits per heavy atom. The fraction of sp³-hybridized carbons (Fsp3) is 0.417. The number of aliphatic carboxylic acids is 1. The van der Waals surface area contributed by atoms with Crippen LogP contribution in [0.25, 0.3) is 0 Å². The van der Waals surface area contributed by atoms with Crippen LogP contribution in [-0.2, 0) is 11.3 Å². The van der Waals surface area contributed by atoms with Crippen molar-refractivity contribution >= 4 is 12.0 Å². The first kappa shape index (κ1) is 12.3. The number of carboxylic acids is 1. The van der Waals surface area contributed by atoms with Crippen molar-refractivity contribution in [2.24, 2.45) is 5.92 Å². The topological polar surface area (TPSA) is 73.7 Å². The molecule has 96 valence electrons. The Labute approximate surface area is 105 Å². The minimum Gasteiger partial charge on any atom is -0.481 e. The monoisotopic (exact) mass is 249 g/mol. The normalized spacial score (nSPS) is 15.1. The number of nitrogens with zero attached hydrogens (tertiary/aromatic N) is 3. The van der Waals surface area contributed by atoms with E-state index in [4.69, 9.17) is 5.11 Å². The van der Waals surface area contributed by atoms with E-state index in [-0.39, 0.29) is 6.03 Å². The zero-order valence-corrected chi connectivity index (χ0v) is 10.1. The van der Waals surface area contributed by atoms with E-state index < -0.39 is 11.9 Å². The summed E-state index contributed by atoms with van der Waals surface area (Å²) in [5.74, 6) is -1.25. The summed E-state index contributed by atoms with van der Waals surface area (Å²) in [5, 5.41) is 8.75. The van der Waals surface area contributed by atoms with Crippen molar-refractivity contribution < 1.29 is 14.7 Å². The predicted molar refractivity (Wildman–Crippen MR) is 63.8 cm³/mol. The largest absolute Gasteiger partial charge is 0.481 e. The minimum atomic E-state index is -0.839. The van der Waals surface area contributed by atoms with Gasteiger partial charge >= 0.3 is 12.0 Å². The van der Waals surface area contributed by atoms with E-state index in [0.717, 1.165) is 5.56 Å². The molecule has 18 heavy (non-hydrogen) atoms. The number of likely N-dealkylation sites (tertiary alicyclic amines) is 1. The van der Waals surface area contributed by atoms with Crippen molar-refractivity contribution in [2.45, 2.75) is 6.54 Å². The van der Waals surface area contributed by atoms with Gasteiger partial charge in [0, 0.05) is 39.1 Å². The maximum atomic E-state index is 11.9. The highest BCUT2D eigenvalue weighted by Gasteiger charge is 2.36. The molecular weight excluding hydrogens is 234 g/mol. The molecule has 0 aliphatic carbocycles. The van der Waals surface area contributed by atoms with Crippen LogP contribution in [0.1, 0.15) is 5.56 Å². The zero-order valence-electron chi connectivity index (χ0n) is 10.1. The quantitative estimate of drug-likeness (QED) is 0.853. The second-order valence-corrected chi connectivity index (χ2v) is 4.44. The third-order valence-electron chi connectivity index (χ3n) is 2.97. The van der Waals surface area contributed by atoms with Crippen LogP contribution in [-0.4, -0.2) is 52.0 Å². The number of hydrogen-bond acceptors (Lipinski definition) is 3. The molecule has 1 aliphatic heterocycles. The second kappa shape index (κ2) is 5.03. The van der Waals surface area contributed by atoms with Gasteiger partial charge in [-0.15, -0.1) is 0 Å². The number of aromatic nitrogens is 1. The predicted octanol–water partition coefficient (Wildman–Crippen LogP) is 0.650. The summed E-state index contributed by atoms with van der Waals surface area (Å²) in [5.41, 5.74) is 0.948. The van der Waals surface area contributed by atoms with Gasteiger partial charge in [0.1, 0.15) is 0 Å². The smallest absolute Gasteiger partial charge is 0.320 e. The molecular formula is C12H15N3O3. The third-order valence-corrected chi connectivity index (χ3v) is 2.97. The molecule has 2 heterocycles. The van der Waals surface area contributed by atoms with Gasteiger partial charge in [0.05, 0.1) is 5.92 Å². The number of rotatable bonds is 3. The first-order valence-electron chi connectivity index (χ1n) is 5.69. The standard InChI is InChI=1S/C12H15N3O3/c1-14(6-9-3-2-4-13-5-9)12(18)15-7-10(8-15)11(16)17/h2-5,10H,6-8H2,1H3,(H,16,17). The molecule has 1 aliphatic rings. The summed E-state index contributed by atoms with van der Waals surface area (Å²) < 4.78 is 0. The van der Waals surface area contributed by atoms with Crippen molar-refractivity contribution in [3.8, 4) is 0 Å². The number of hydrogen-bond donors (Lipinski definition) is 1. The van der Waals surface area contributed by atoms with E-state index in [0.29, 0.717) is 19.6 Å². The van der Waals surface area contributed by atoms with E-state index in [1.807, 2.05) is 12.1 Å². The van der Waals surface area contributed by atoms with Crippen molar-refractivity contribution in [1.29, 1.82) is 0 Å². The summed E-state index contributed by atoms with van der Waals surface area (Å²) in [4.78, 5) is 29.7. The Hall–Kier alpha value is -2.11. The van der Waals surface area contributed by atoms with Crippen LogP contribution in [0.15, 0.2) is 24.5 Å². The maximum absolute atomic E-state index is 11.9. The summed E-state index contributed by atoms with van der Waals surface area (Å²) in [6.45, 7) is 1.07. The van der Waals surface area contributed by atoms with Crippen molar-refractivity contribution in [3.63, 3.8) is 0 Å². The molecule has 1 aromatic heterocycles. The van der Waals surface area contributed by atoms with E-state index in [2.05, 4.69) is 4.98 Å². The highest BCUT2D eigenvalue weighted by Crippen LogP contribution is 2.17. The Kier molecular flexibility index (Phi) is 3.45. The van der Waals surface area contributed by atoms with Gasteiger partial charge in [0.2, 0.25) is 0 Å². The van der Waals surface area contributed by atoms with Gasteiger partial charge in [-0.2, -0.15) is 0 Å². The number of carbonyl (C=O) groups excluding carboxylic acids is 1. The van der Waals surface area contributed by atoms with Gasteiger partial charge in [0.25, 0.3) is 0 Å². The molecule has 6 heteroatoms. The Balaban J connectivity index is 1.85. The Morgan fingerprint density at radius 3 is 2.83 bits per heavy atom. The number of amides is 2. The van der Waals surface area contributed by atoms with Crippen LogP contribution in [0.5, 0.6) is 0 Å². The lowest BCUT2D eigenvalue weighted by molar-refractivity contribution is -0.146. The highest BCUT2D eigenvalue weighted by atomic mass is 16.4. The van der Waals surface area contributed by atoms with Crippen LogP contribution in [0, 0.1) is 5.92 Å². The number of carboxylic acid groups (broad SMARTS) is 1. The molecule has 0 radical (unpaired) electrons. The van der Waals surface area contributed by atoms with Gasteiger partial charge in [-0.25, -0.2) is 4.79 Å². The lowest BCUT2D eigenvalue weighted by Gasteiger charge is -2.38. The molecule has 2 rings (SSSR count). The molecule has 6 nitrogen and oxygen atoms in total. The van der Waals surface area contributed by atoms with Crippen LogP contribution in [0.4, 0.5) is 4.79 Å². The lowest BCUT2D eigenvalue weighted by atomic mass is 10.0. The molecule has 0 aromatic carbocycles. The van der Waals surface area contributed by atoms with Gasteiger partial charge in [0.15, 0.2) is 0 Å². The van der Waals surface area contributed by atoms with Crippen molar-refractivity contribution in [3.05, 3.63) is 30.1 Å². The fourth-order valence-electron chi connectivity index (χ4n) is 1.87. The summed E-state index contributed by atoms with van der Waals surface area (Å²) >= 11 is 0. The number of urea groups is 1. The van der Waals surface area contributed by atoms with Crippen LogP contribution in [0.2, 0.25) is 0 Å². The van der Waals surface area contributed by atoms with E-state index in [1.165, 1.54) is 4.90 Å². The first-order valence-corrected chi connectivity index (χ1v) is 5.69. The van der Waals surface area contributed by atoms with Gasteiger partial charge in [-0.05, 0) is 11.6 Å². The fourth-order valence-corrected chi connectivity index (χ4v) is 1.87. The van der Waals surface area contributed by atoms with Crippen molar-refractivity contribution in [1.82, 2.24) is 14.8 Å². The van der Waals surface area contributed by atoms with Gasteiger partial charge in [-0.3, -0.25) is 9.78 Å². The highest BCUT2D eigenvalue weighted by molar-refractivity contribution is 5.79. The summed E-state index contributed by atoms with van der Waals surface area (Å²) in [6, 6.07) is 3.57. The van der Waals surface area contributed by atoms with E-state index in [9.17, 15) is 9.59 Å². The molecule has 0 spiro atoms. The van der Waals surface area contributed by atoms with Gasteiger partial charge in [-0.1, -0.05) is 6.07 Å². The third kappa shape index (κ3) is 2.58. The molecule has 0 bridgehead atoms. The number of carbonyl (C=O) groups is 2. The first-order chi connectivity index (χ1) is 8.58. The average molecular weight is 249 g/mol. The molecule has 1 saturated heterocycles. The molecule has 0 saturated carbocycles. The second-order valence-electron chi connectivity index (χ2n) is 4.44. The molecule has 0 atom stereocenters. The lowest BCUT2D eigenvalue weighted by Crippen LogP contribution is -2.56. The Morgan fingerprint density at radius 2 is 2.28 bits per heavy atom. The average Bonchev–Trinajstić information content (AvgIpc) is 2.27. The molecule has 1 aromatic rings. The van der Waals surface area contributed by atoms with Crippen LogP contribution in [0.3, 0.4) is 0 Å². The zero-order chi connectivity index (χ0) is 13.1. The Bertz CT molecular complexity index is 443.